The molecule has 0 bridgehead atoms. The maximum atomic E-state index is 11.2. The topological polar surface area (TPSA) is 63.3 Å². The van der Waals surface area contributed by atoms with Crippen molar-refractivity contribution in [3.63, 3.8) is 0 Å². The van der Waals surface area contributed by atoms with E-state index in [1.165, 1.54) is 18.0 Å². The minimum Gasteiger partial charge on any atom is -0.481 e. The number of aromatic nitrogens is 1. The van der Waals surface area contributed by atoms with Gasteiger partial charge in [0.1, 0.15) is 12.2 Å². The van der Waals surface area contributed by atoms with Gasteiger partial charge in [-0.3, -0.25) is 4.79 Å². The molecule has 2 aromatic rings. The lowest BCUT2D eigenvalue weighted by Crippen LogP contribution is -2.13. The summed E-state index contributed by atoms with van der Waals surface area (Å²) in [6.07, 6.45) is 4.19. The van der Waals surface area contributed by atoms with Crippen LogP contribution in [0.1, 0.15) is 43.1 Å². The lowest BCUT2D eigenvalue weighted by atomic mass is 9.92. The molecular formula is C15H17NO3. The number of hydrogen-bond acceptors (Lipinski definition) is 3. The van der Waals surface area contributed by atoms with Gasteiger partial charge in [-0.2, -0.15) is 0 Å². The van der Waals surface area contributed by atoms with Crippen molar-refractivity contribution in [3.8, 4) is 0 Å². The summed E-state index contributed by atoms with van der Waals surface area (Å²) in [5, 5.41) is 9.23. The van der Waals surface area contributed by atoms with E-state index in [4.69, 9.17) is 4.42 Å². The molecule has 1 heterocycles. The number of nitrogens with zero attached hydrogens (tertiary/aromatic N) is 1. The smallest absolute Gasteiger partial charge is 0.315 e. The normalized spacial score (nSPS) is 13.9. The molecule has 2 unspecified atom stereocenters. The first-order valence-electron chi connectivity index (χ1n) is 6.35. The Hall–Kier alpha value is -2.10. The van der Waals surface area contributed by atoms with Crippen LogP contribution in [0, 0.1) is 0 Å². The van der Waals surface area contributed by atoms with E-state index in [-0.39, 0.29) is 5.89 Å². The molecule has 0 saturated heterocycles. The number of carboxylic acids is 1. The Morgan fingerprint density at radius 3 is 2.63 bits per heavy atom. The predicted molar refractivity (Wildman–Crippen MR) is 71.0 cm³/mol. The Balaban J connectivity index is 1.98. The Bertz CT molecular complexity index is 507. The number of hydrogen-bond donors (Lipinski definition) is 1. The van der Waals surface area contributed by atoms with Crippen LogP contribution in [-0.2, 0) is 4.79 Å². The minimum absolute atomic E-state index is 0.285. The maximum absolute atomic E-state index is 11.2. The van der Waals surface area contributed by atoms with Gasteiger partial charge in [-0.15, -0.1) is 0 Å². The molecule has 0 aliphatic carbocycles. The molecule has 0 radical (unpaired) electrons. The summed E-state index contributed by atoms with van der Waals surface area (Å²) in [5.41, 5.74) is 1.22. The summed E-state index contributed by atoms with van der Waals surface area (Å²) in [6.45, 7) is 2.10. The molecule has 1 N–H and O–H groups in total. The Labute approximate surface area is 112 Å². The lowest BCUT2D eigenvalue weighted by molar-refractivity contribution is -0.139. The molecular weight excluding hydrogens is 242 g/mol. The van der Waals surface area contributed by atoms with Crippen molar-refractivity contribution in [2.24, 2.45) is 0 Å². The third kappa shape index (κ3) is 3.44. The molecule has 0 spiro atoms. The van der Waals surface area contributed by atoms with Gasteiger partial charge in [-0.05, 0) is 24.3 Å². The van der Waals surface area contributed by atoms with Crippen molar-refractivity contribution in [3.05, 3.63) is 54.2 Å². The molecule has 0 amide bonds. The average Bonchev–Trinajstić information content (AvgIpc) is 2.93. The van der Waals surface area contributed by atoms with Crippen LogP contribution >= 0.6 is 0 Å². The van der Waals surface area contributed by atoms with E-state index in [1.54, 1.807) is 0 Å². The monoisotopic (exact) mass is 259 g/mol. The highest BCUT2D eigenvalue weighted by molar-refractivity contribution is 5.74. The second kappa shape index (κ2) is 6.18. The van der Waals surface area contributed by atoms with E-state index in [0.717, 1.165) is 6.42 Å². The Kier molecular flexibility index (Phi) is 4.34. The fourth-order valence-electron chi connectivity index (χ4n) is 2.12. The standard InChI is InChI=1S/C15H17NO3/c1-11(12-5-3-2-4-6-12)7-8-13(15(17)18)14-16-9-10-19-14/h2-6,9-11,13H,7-8H2,1H3,(H,17,18). The zero-order valence-electron chi connectivity index (χ0n) is 10.8. The van der Waals surface area contributed by atoms with Crippen molar-refractivity contribution in [1.29, 1.82) is 0 Å². The molecule has 4 heteroatoms. The highest BCUT2D eigenvalue weighted by atomic mass is 16.4. The summed E-state index contributed by atoms with van der Waals surface area (Å²) >= 11 is 0. The van der Waals surface area contributed by atoms with Gasteiger partial charge in [-0.1, -0.05) is 37.3 Å². The van der Waals surface area contributed by atoms with Gasteiger partial charge in [0.05, 0.1) is 6.20 Å². The highest BCUT2D eigenvalue weighted by Gasteiger charge is 2.24. The first-order chi connectivity index (χ1) is 9.18. The van der Waals surface area contributed by atoms with Crippen LogP contribution in [0.5, 0.6) is 0 Å². The molecule has 0 saturated carbocycles. The third-order valence-electron chi connectivity index (χ3n) is 3.30. The Morgan fingerprint density at radius 1 is 1.32 bits per heavy atom. The van der Waals surface area contributed by atoms with Crippen LogP contribution in [0.4, 0.5) is 0 Å². The number of rotatable bonds is 6. The summed E-state index contributed by atoms with van der Waals surface area (Å²) in [6, 6.07) is 10.1. The fourth-order valence-corrected chi connectivity index (χ4v) is 2.12. The molecule has 1 aromatic heterocycles. The van der Waals surface area contributed by atoms with Gasteiger partial charge in [0.2, 0.25) is 5.89 Å². The summed E-state index contributed by atoms with van der Waals surface area (Å²) in [7, 11) is 0. The highest BCUT2D eigenvalue weighted by Crippen LogP contribution is 2.27. The second-order valence-electron chi connectivity index (χ2n) is 4.65. The number of benzene rings is 1. The van der Waals surface area contributed by atoms with Crippen LogP contribution in [-0.4, -0.2) is 16.1 Å². The minimum atomic E-state index is -0.886. The molecule has 0 aliphatic rings. The number of aliphatic carboxylic acids is 1. The van der Waals surface area contributed by atoms with E-state index < -0.39 is 11.9 Å². The molecule has 100 valence electrons. The quantitative estimate of drug-likeness (QED) is 0.863. The van der Waals surface area contributed by atoms with Gasteiger partial charge >= 0.3 is 5.97 Å². The predicted octanol–water partition coefficient (Wildman–Crippen LogP) is 3.43. The van der Waals surface area contributed by atoms with Gasteiger partial charge in [0.15, 0.2) is 0 Å². The van der Waals surface area contributed by atoms with Crippen LogP contribution < -0.4 is 0 Å². The van der Waals surface area contributed by atoms with Gasteiger partial charge in [-0.25, -0.2) is 4.98 Å². The van der Waals surface area contributed by atoms with Crippen molar-refractivity contribution in [1.82, 2.24) is 4.98 Å². The maximum Gasteiger partial charge on any atom is 0.315 e. The van der Waals surface area contributed by atoms with Gasteiger partial charge < -0.3 is 9.52 Å². The first kappa shape index (κ1) is 13.3. The SMILES string of the molecule is CC(CCC(C(=O)O)c1ncco1)c1ccccc1. The van der Waals surface area contributed by atoms with E-state index >= 15 is 0 Å². The molecule has 19 heavy (non-hydrogen) atoms. The molecule has 0 fully saturated rings. The van der Waals surface area contributed by atoms with E-state index in [2.05, 4.69) is 24.0 Å². The van der Waals surface area contributed by atoms with Crippen LogP contribution in [0.25, 0.3) is 0 Å². The second-order valence-corrected chi connectivity index (χ2v) is 4.65. The van der Waals surface area contributed by atoms with Crippen LogP contribution in [0.2, 0.25) is 0 Å². The number of carbonyl (C=O) groups is 1. The zero-order chi connectivity index (χ0) is 13.7. The average molecular weight is 259 g/mol. The van der Waals surface area contributed by atoms with Crippen molar-refractivity contribution < 1.29 is 14.3 Å². The van der Waals surface area contributed by atoms with Crippen molar-refractivity contribution >= 4 is 5.97 Å². The van der Waals surface area contributed by atoms with Gasteiger partial charge in [0, 0.05) is 0 Å². The van der Waals surface area contributed by atoms with Crippen molar-refractivity contribution in [2.75, 3.05) is 0 Å². The van der Waals surface area contributed by atoms with Gasteiger partial charge in [0.25, 0.3) is 0 Å². The summed E-state index contributed by atoms with van der Waals surface area (Å²) in [4.78, 5) is 15.2. The van der Waals surface area contributed by atoms with Crippen LogP contribution in [0.15, 0.2) is 47.2 Å². The molecule has 4 nitrogen and oxygen atoms in total. The lowest BCUT2D eigenvalue weighted by Gasteiger charge is -2.14. The zero-order valence-corrected chi connectivity index (χ0v) is 10.8. The van der Waals surface area contributed by atoms with Crippen LogP contribution in [0.3, 0.4) is 0 Å². The Morgan fingerprint density at radius 2 is 2.05 bits per heavy atom. The summed E-state index contributed by atoms with van der Waals surface area (Å²) in [5.74, 6) is -0.949. The number of oxazole rings is 1. The third-order valence-corrected chi connectivity index (χ3v) is 3.30. The van der Waals surface area contributed by atoms with E-state index in [1.807, 2.05) is 18.2 Å². The molecule has 2 rings (SSSR count). The summed E-state index contributed by atoms with van der Waals surface area (Å²) < 4.78 is 5.10. The van der Waals surface area contributed by atoms with E-state index in [0.29, 0.717) is 12.3 Å². The first-order valence-corrected chi connectivity index (χ1v) is 6.35. The molecule has 1 aromatic carbocycles. The molecule has 2 atom stereocenters. The largest absolute Gasteiger partial charge is 0.481 e. The fraction of sp³-hybridized carbons (Fsp3) is 0.333. The molecule has 0 aliphatic heterocycles. The van der Waals surface area contributed by atoms with E-state index in [9.17, 15) is 9.90 Å². The number of carboxylic acid groups (broad SMARTS) is 1. The van der Waals surface area contributed by atoms with Crippen molar-refractivity contribution in [2.45, 2.75) is 31.6 Å².